The Hall–Kier alpha value is -3.70. The van der Waals surface area contributed by atoms with Crippen LogP contribution in [0.1, 0.15) is 35.1 Å². The van der Waals surface area contributed by atoms with Gasteiger partial charge in [-0.3, -0.25) is 0 Å². The fourth-order valence-electron chi connectivity index (χ4n) is 3.76. The van der Waals surface area contributed by atoms with Gasteiger partial charge in [0.1, 0.15) is 11.5 Å². The quantitative estimate of drug-likeness (QED) is 0.206. The molecule has 0 N–H and O–H groups in total. The van der Waals surface area contributed by atoms with Crippen LogP contribution in [0, 0.1) is 23.7 Å². The van der Waals surface area contributed by atoms with E-state index in [1.54, 1.807) is 0 Å². The van der Waals surface area contributed by atoms with Crippen LogP contribution < -0.4 is 9.47 Å². The van der Waals surface area contributed by atoms with Crippen molar-refractivity contribution >= 4 is 0 Å². The van der Waals surface area contributed by atoms with Crippen molar-refractivity contribution in [2.75, 3.05) is 68.6 Å². The fourth-order valence-corrected chi connectivity index (χ4v) is 3.76. The van der Waals surface area contributed by atoms with Crippen LogP contribution in [0.25, 0.3) is 0 Å². The molecule has 0 unspecified atom stereocenters. The Morgan fingerprint density at radius 3 is 1.24 bits per heavy atom. The molecule has 0 amide bonds. The summed E-state index contributed by atoms with van der Waals surface area (Å²) in [6, 6.07) is 24.0. The predicted molar refractivity (Wildman–Crippen MR) is 157 cm³/mol. The van der Waals surface area contributed by atoms with Crippen molar-refractivity contribution in [1.82, 2.24) is 0 Å². The highest BCUT2D eigenvalue weighted by Gasteiger charge is 2.13. The minimum atomic E-state index is 0.616. The molecule has 0 spiro atoms. The molecular weight excluding hydrogens is 468 g/mol. The molecule has 3 aromatic rings. The maximum Gasteiger partial charge on any atom is 0.136 e. The summed E-state index contributed by atoms with van der Waals surface area (Å²) in [4.78, 5) is 0. The van der Waals surface area contributed by atoms with Gasteiger partial charge in [-0.15, -0.1) is 0 Å². The van der Waals surface area contributed by atoms with Gasteiger partial charge in [0.05, 0.1) is 79.7 Å². The highest BCUT2D eigenvalue weighted by Crippen LogP contribution is 2.29. The highest BCUT2D eigenvalue weighted by molar-refractivity contribution is 5.60. The summed E-state index contributed by atoms with van der Waals surface area (Å²) in [5.74, 6) is 14.7. The third-order valence-corrected chi connectivity index (χ3v) is 5.77. The van der Waals surface area contributed by atoms with E-state index in [2.05, 4.69) is 66.0 Å². The molecule has 3 aromatic carbocycles. The van der Waals surface area contributed by atoms with Crippen LogP contribution in [-0.2, 0) is 0 Å². The molecule has 4 heteroatoms. The van der Waals surface area contributed by atoms with Crippen molar-refractivity contribution in [2.24, 2.45) is 0 Å². The summed E-state index contributed by atoms with van der Waals surface area (Å²) >= 11 is 0. The van der Waals surface area contributed by atoms with Gasteiger partial charge in [-0.05, 0) is 24.3 Å². The van der Waals surface area contributed by atoms with Crippen LogP contribution in [0.4, 0.5) is 0 Å². The van der Waals surface area contributed by atoms with E-state index < -0.39 is 0 Å². The Labute approximate surface area is 230 Å². The Morgan fingerprint density at radius 2 is 0.895 bits per heavy atom. The molecule has 0 saturated carbocycles. The summed E-state index contributed by atoms with van der Waals surface area (Å²) in [5, 5.41) is 0. The molecule has 3 rings (SSSR count). The molecule has 0 fully saturated rings. The number of hydrogen-bond donors (Lipinski definition) is 0. The lowest BCUT2D eigenvalue weighted by Crippen LogP contribution is -2.36. The van der Waals surface area contributed by atoms with Crippen molar-refractivity contribution in [3.8, 4) is 35.2 Å². The van der Waals surface area contributed by atoms with E-state index in [-0.39, 0.29) is 0 Å². The Bertz CT molecular complexity index is 1180. The van der Waals surface area contributed by atoms with Gasteiger partial charge in [0.2, 0.25) is 0 Å². The van der Waals surface area contributed by atoms with Crippen molar-refractivity contribution in [2.45, 2.75) is 12.8 Å². The van der Waals surface area contributed by atoms with Gasteiger partial charge in [-0.1, -0.05) is 60.1 Å². The molecule has 0 atom stereocenters. The molecule has 0 aromatic heterocycles. The van der Waals surface area contributed by atoms with E-state index in [1.807, 2.05) is 72.8 Å². The molecule has 0 radical (unpaired) electrons. The average molecular weight is 511 g/mol. The maximum absolute atomic E-state index is 6.30. The van der Waals surface area contributed by atoms with Gasteiger partial charge < -0.3 is 18.4 Å². The van der Waals surface area contributed by atoms with Gasteiger partial charge in [-0.2, -0.15) is 0 Å². The van der Waals surface area contributed by atoms with E-state index in [0.717, 1.165) is 68.7 Å². The molecule has 0 aliphatic carbocycles. The minimum absolute atomic E-state index is 0.616. The maximum atomic E-state index is 6.30. The Morgan fingerprint density at radius 1 is 0.526 bits per heavy atom. The van der Waals surface area contributed by atoms with Crippen LogP contribution >= 0.6 is 0 Å². The zero-order valence-electron chi connectivity index (χ0n) is 23.9. The van der Waals surface area contributed by atoms with Gasteiger partial charge in [0, 0.05) is 36.1 Å². The number of hydrogen-bond acceptors (Lipinski definition) is 2. The highest BCUT2D eigenvalue weighted by atomic mass is 16.5. The summed E-state index contributed by atoms with van der Waals surface area (Å²) in [6.45, 7) is 3.29. The number of nitrogens with zero attached hydrogens (tertiary/aromatic N) is 2. The predicted octanol–water partition coefficient (Wildman–Crippen LogP) is 5.44. The lowest BCUT2D eigenvalue weighted by Gasteiger charge is -2.24. The Balaban J connectivity index is 1.95. The van der Waals surface area contributed by atoms with Crippen molar-refractivity contribution in [3.63, 3.8) is 0 Å². The van der Waals surface area contributed by atoms with Gasteiger partial charge in [0.15, 0.2) is 0 Å². The lowest BCUT2D eigenvalue weighted by molar-refractivity contribution is -0.870. The van der Waals surface area contributed by atoms with E-state index in [1.165, 1.54) is 0 Å². The second-order valence-corrected chi connectivity index (χ2v) is 11.5. The smallest absolute Gasteiger partial charge is 0.136 e. The summed E-state index contributed by atoms with van der Waals surface area (Å²) in [5.41, 5.74) is 3.54. The van der Waals surface area contributed by atoms with E-state index in [4.69, 9.17) is 9.47 Å². The number of rotatable bonds is 10. The molecule has 0 heterocycles. The lowest BCUT2D eigenvalue weighted by atomic mass is 10.1. The first-order valence-electron chi connectivity index (χ1n) is 13.3. The van der Waals surface area contributed by atoms with E-state index in [9.17, 15) is 0 Å². The van der Waals surface area contributed by atoms with E-state index in [0.29, 0.717) is 13.2 Å². The second kappa shape index (κ2) is 13.7. The average Bonchev–Trinajstić information content (AvgIpc) is 2.87. The van der Waals surface area contributed by atoms with Gasteiger partial charge in [-0.25, -0.2) is 0 Å². The summed E-state index contributed by atoms with van der Waals surface area (Å²) in [6.07, 6.45) is 1.90. The zero-order chi connectivity index (χ0) is 27.4. The summed E-state index contributed by atoms with van der Waals surface area (Å²) in [7, 11) is 13.2. The SMILES string of the molecule is C[N+](C)(C)CCCOc1cc(C#Cc2ccccc2)c(OCCC[N+](C)(C)C)cc1C#Cc1ccccc1. The van der Waals surface area contributed by atoms with Gasteiger partial charge in [0.25, 0.3) is 0 Å². The number of ether oxygens (including phenoxy) is 2. The number of benzene rings is 3. The monoisotopic (exact) mass is 510 g/mol. The van der Waals surface area contributed by atoms with Crippen LogP contribution in [-0.4, -0.2) is 77.6 Å². The summed E-state index contributed by atoms with van der Waals surface area (Å²) < 4.78 is 14.4. The molecule has 0 saturated heterocycles. The molecular formula is C34H42N2O2+2. The normalized spacial score (nSPS) is 11.1. The molecule has 198 valence electrons. The topological polar surface area (TPSA) is 18.5 Å². The van der Waals surface area contributed by atoms with Crippen molar-refractivity contribution in [3.05, 3.63) is 95.1 Å². The van der Waals surface area contributed by atoms with E-state index >= 15 is 0 Å². The molecule has 0 aliphatic heterocycles. The Kier molecular flexibility index (Phi) is 10.4. The molecule has 0 bridgehead atoms. The third kappa shape index (κ3) is 10.7. The first-order valence-corrected chi connectivity index (χ1v) is 13.3. The first kappa shape index (κ1) is 28.9. The number of quaternary nitrogens is 2. The molecule has 4 nitrogen and oxygen atoms in total. The van der Waals surface area contributed by atoms with Crippen LogP contribution in [0.2, 0.25) is 0 Å². The largest absolute Gasteiger partial charge is 0.492 e. The van der Waals surface area contributed by atoms with Crippen molar-refractivity contribution in [1.29, 1.82) is 0 Å². The van der Waals surface area contributed by atoms with Crippen LogP contribution in [0.3, 0.4) is 0 Å². The molecule has 38 heavy (non-hydrogen) atoms. The van der Waals surface area contributed by atoms with Crippen LogP contribution in [0.5, 0.6) is 11.5 Å². The van der Waals surface area contributed by atoms with Gasteiger partial charge >= 0.3 is 0 Å². The first-order chi connectivity index (χ1) is 18.1. The van der Waals surface area contributed by atoms with Crippen LogP contribution in [0.15, 0.2) is 72.8 Å². The molecule has 0 aliphatic rings. The zero-order valence-corrected chi connectivity index (χ0v) is 23.9. The fraction of sp³-hybridized carbons (Fsp3) is 0.353. The minimum Gasteiger partial charge on any atom is -0.492 e. The van der Waals surface area contributed by atoms with Crippen molar-refractivity contribution < 1.29 is 18.4 Å². The standard InChI is InChI=1S/C34H42N2O2/c1-35(2,3)23-13-25-37-33-27-32(22-20-30-17-11-8-12-18-30)34(38-26-14-24-36(4,5)6)28-31(33)21-19-29-15-9-7-10-16-29/h7-12,15-18,27-28H,13-14,23-26H2,1-6H3/q+2. The third-order valence-electron chi connectivity index (χ3n) is 5.77. The second-order valence-electron chi connectivity index (χ2n) is 11.5.